The van der Waals surface area contributed by atoms with Crippen LogP contribution in [0.2, 0.25) is 5.02 Å². The number of carbonyl (C=O) groups is 2. The van der Waals surface area contributed by atoms with E-state index in [0.717, 1.165) is 6.07 Å². The molecule has 1 amide bonds. The molecule has 1 heterocycles. The number of amides is 1. The van der Waals surface area contributed by atoms with Gasteiger partial charge in [-0.05, 0) is 24.3 Å². The fraction of sp³-hybridized carbons (Fsp3) is 0.200. The van der Waals surface area contributed by atoms with Crippen molar-refractivity contribution in [3.63, 3.8) is 0 Å². The van der Waals surface area contributed by atoms with E-state index in [9.17, 15) is 18.4 Å². The minimum atomic E-state index is -0.836. The average Bonchev–Trinajstić information content (AvgIpc) is 3.03. The fourth-order valence-corrected chi connectivity index (χ4v) is 3.00. The molecule has 0 aromatic heterocycles. The topological polar surface area (TPSA) is 88.1 Å². The van der Waals surface area contributed by atoms with Crippen LogP contribution in [-0.4, -0.2) is 48.7 Å². The van der Waals surface area contributed by atoms with Gasteiger partial charge in [-0.15, -0.1) is 0 Å². The van der Waals surface area contributed by atoms with Crippen molar-refractivity contribution in [3.05, 3.63) is 64.3 Å². The van der Waals surface area contributed by atoms with E-state index in [1.165, 1.54) is 42.3 Å². The first kappa shape index (κ1) is 21.5. The second kappa shape index (κ2) is 9.10. The second-order valence-electron chi connectivity index (χ2n) is 6.22. The lowest BCUT2D eigenvalue weighted by Crippen LogP contribution is -2.31. The first-order chi connectivity index (χ1) is 14.3. The lowest BCUT2D eigenvalue weighted by atomic mass is 10.2. The first-order valence-corrected chi connectivity index (χ1v) is 9.13. The molecule has 10 heteroatoms. The van der Waals surface area contributed by atoms with E-state index in [-0.39, 0.29) is 53.2 Å². The van der Waals surface area contributed by atoms with E-state index in [4.69, 9.17) is 21.4 Å². The van der Waals surface area contributed by atoms with E-state index in [1.54, 1.807) is 0 Å². The number of anilines is 1. The molecule has 0 saturated heterocycles. The zero-order chi connectivity index (χ0) is 21.8. The molecular formula is C20H17ClF2N2O5. The third kappa shape index (κ3) is 4.37. The van der Waals surface area contributed by atoms with Crippen molar-refractivity contribution in [2.75, 3.05) is 32.1 Å². The van der Waals surface area contributed by atoms with Crippen LogP contribution < -0.4 is 10.1 Å². The van der Waals surface area contributed by atoms with Gasteiger partial charge in [-0.3, -0.25) is 4.79 Å². The van der Waals surface area contributed by atoms with E-state index in [0.29, 0.717) is 0 Å². The number of aliphatic hydroxyl groups is 1. The Hall–Kier alpha value is -3.17. The maximum absolute atomic E-state index is 14.5. The molecule has 2 aromatic carbocycles. The summed E-state index contributed by atoms with van der Waals surface area (Å²) in [5, 5.41) is 11.6. The molecule has 1 aliphatic heterocycles. The first-order valence-electron chi connectivity index (χ1n) is 8.75. The van der Waals surface area contributed by atoms with Gasteiger partial charge in [-0.2, -0.15) is 0 Å². The van der Waals surface area contributed by atoms with Crippen molar-refractivity contribution in [1.82, 2.24) is 4.90 Å². The van der Waals surface area contributed by atoms with Gasteiger partial charge in [-0.25, -0.2) is 13.6 Å². The molecule has 0 fully saturated rings. The summed E-state index contributed by atoms with van der Waals surface area (Å²) in [5.74, 6) is -3.42. The smallest absolute Gasteiger partial charge is 0.337 e. The summed E-state index contributed by atoms with van der Waals surface area (Å²) in [4.78, 5) is 25.8. The number of halogens is 3. The number of nitrogens with one attached hydrogen (secondary N) is 1. The summed E-state index contributed by atoms with van der Waals surface area (Å²) in [6.45, 7) is -0.308. The largest absolute Gasteiger partial charge is 0.466 e. The number of methoxy groups -OCH3 is 1. The highest BCUT2D eigenvalue weighted by molar-refractivity contribution is 6.30. The number of ether oxygens (including phenoxy) is 2. The van der Waals surface area contributed by atoms with Crippen molar-refractivity contribution in [2.24, 2.45) is 0 Å². The van der Waals surface area contributed by atoms with Crippen LogP contribution >= 0.6 is 11.6 Å². The van der Waals surface area contributed by atoms with Gasteiger partial charge < -0.3 is 24.8 Å². The Balaban J connectivity index is 1.84. The van der Waals surface area contributed by atoms with E-state index < -0.39 is 23.5 Å². The monoisotopic (exact) mass is 438 g/mol. The van der Waals surface area contributed by atoms with Gasteiger partial charge in [0.05, 0.1) is 30.9 Å². The van der Waals surface area contributed by atoms with Gasteiger partial charge >= 0.3 is 5.97 Å². The molecule has 0 radical (unpaired) electrons. The molecule has 7 nitrogen and oxygen atoms in total. The normalized spacial score (nSPS) is 13.6. The highest BCUT2D eigenvalue weighted by Crippen LogP contribution is 2.32. The predicted molar refractivity (Wildman–Crippen MR) is 104 cm³/mol. The Labute approximate surface area is 175 Å². The maximum atomic E-state index is 14.5. The van der Waals surface area contributed by atoms with Crippen LogP contribution in [0.5, 0.6) is 11.5 Å². The molecule has 0 spiro atoms. The van der Waals surface area contributed by atoms with Crippen molar-refractivity contribution < 1.29 is 33.0 Å². The Kier molecular flexibility index (Phi) is 6.53. The van der Waals surface area contributed by atoms with Crippen LogP contribution in [0, 0.1) is 11.6 Å². The SMILES string of the molecule is COC(=O)C1=C(Nc2ccc(Oc3cccc(Cl)c3F)c(F)c2)C(=O)N(CCO)C1. The Morgan fingerprint density at radius 2 is 2.03 bits per heavy atom. The summed E-state index contributed by atoms with van der Waals surface area (Å²) in [7, 11) is 1.17. The van der Waals surface area contributed by atoms with E-state index in [2.05, 4.69) is 10.1 Å². The summed E-state index contributed by atoms with van der Waals surface area (Å²) in [6.07, 6.45) is 0. The summed E-state index contributed by atoms with van der Waals surface area (Å²) >= 11 is 5.69. The van der Waals surface area contributed by atoms with E-state index >= 15 is 0 Å². The zero-order valence-electron chi connectivity index (χ0n) is 15.7. The number of aliphatic hydroxyl groups excluding tert-OH is 1. The number of esters is 1. The molecule has 0 unspecified atom stereocenters. The molecule has 2 N–H and O–H groups in total. The number of rotatable bonds is 7. The van der Waals surface area contributed by atoms with Crippen molar-refractivity contribution >= 4 is 29.2 Å². The van der Waals surface area contributed by atoms with Crippen molar-refractivity contribution in [2.45, 2.75) is 0 Å². The Bertz CT molecular complexity index is 1030. The van der Waals surface area contributed by atoms with Crippen molar-refractivity contribution in [1.29, 1.82) is 0 Å². The Morgan fingerprint density at radius 1 is 1.27 bits per heavy atom. The zero-order valence-corrected chi connectivity index (χ0v) is 16.5. The molecule has 30 heavy (non-hydrogen) atoms. The molecule has 0 aliphatic carbocycles. The van der Waals surface area contributed by atoms with Crippen LogP contribution in [0.1, 0.15) is 0 Å². The third-order valence-electron chi connectivity index (χ3n) is 4.29. The van der Waals surface area contributed by atoms with Gasteiger partial charge in [0, 0.05) is 18.3 Å². The van der Waals surface area contributed by atoms with Crippen LogP contribution in [0.15, 0.2) is 47.7 Å². The predicted octanol–water partition coefficient (Wildman–Crippen LogP) is 3.08. The second-order valence-corrected chi connectivity index (χ2v) is 6.63. The average molecular weight is 439 g/mol. The molecular weight excluding hydrogens is 422 g/mol. The number of hydrogen-bond acceptors (Lipinski definition) is 6. The molecule has 2 aromatic rings. The number of hydrogen-bond donors (Lipinski definition) is 2. The van der Waals surface area contributed by atoms with Gasteiger partial charge in [0.1, 0.15) is 5.70 Å². The van der Waals surface area contributed by atoms with Gasteiger partial charge in [0.25, 0.3) is 5.91 Å². The van der Waals surface area contributed by atoms with Gasteiger partial charge in [0.2, 0.25) is 0 Å². The van der Waals surface area contributed by atoms with Crippen LogP contribution in [0.25, 0.3) is 0 Å². The lowest BCUT2D eigenvalue weighted by molar-refractivity contribution is -0.136. The van der Waals surface area contributed by atoms with Crippen LogP contribution in [0.4, 0.5) is 14.5 Å². The van der Waals surface area contributed by atoms with Crippen LogP contribution in [-0.2, 0) is 14.3 Å². The number of benzene rings is 2. The number of β-amino-alcohol motifs (C(OH)–C–C–N with tert-alkyl or cyclic N) is 1. The maximum Gasteiger partial charge on any atom is 0.337 e. The highest BCUT2D eigenvalue weighted by Gasteiger charge is 2.34. The number of carbonyl (C=O) groups excluding carboxylic acids is 2. The minimum absolute atomic E-state index is 0.0246. The standard InChI is InChI=1S/C20H17ClF2N2O5/c1-29-20(28)12-10-25(7-8-26)19(27)18(12)24-11-5-6-15(14(22)9-11)30-16-4-2-3-13(21)17(16)23/h2-6,9,24,26H,7-8,10H2,1H3. The molecule has 0 bridgehead atoms. The van der Waals surface area contributed by atoms with Crippen molar-refractivity contribution in [3.8, 4) is 11.5 Å². The Morgan fingerprint density at radius 3 is 2.70 bits per heavy atom. The van der Waals surface area contributed by atoms with Gasteiger partial charge in [0.15, 0.2) is 23.1 Å². The summed E-state index contributed by atoms with van der Waals surface area (Å²) in [5.41, 5.74) is 0.129. The molecule has 158 valence electrons. The lowest BCUT2D eigenvalue weighted by Gasteiger charge is -2.15. The third-order valence-corrected chi connectivity index (χ3v) is 4.58. The number of nitrogens with zero attached hydrogens (tertiary/aromatic N) is 1. The van der Waals surface area contributed by atoms with E-state index in [1.807, 2.05) is 0 Å². The quantitative estimate of drug-likeness (QED) is 0.646. The minimum Gasteiger partial charge on any atom is -0.466 e. The fourth-order valence-electron chi connectivity index (χ4n) is 2.84. The molecule has 1 aliphatic rings. The molecule has 3 rings (SSSR count). The summed E-state index contributed by atoms with van der Waals surface area (Å²) in [6, 6.07) is 7.75. The highest BCUT2D eigenvalue weighted by atomic mass is 35.5. The molecule has 0 atom stereocenters. The summed E-state index contributed by atoms with van der Waals surface area (Å²) < 4.78 is 38.4. The van der Waals surface area contributed by atoms with Gasteiger partial charge in [-0.1, -0.05) is 17.7 Å². The molecule has 0 saturated carbocycles. The van der Waals surface area contributed by atoms with Crippen LogP contribution in [0.3, 0.4) is 0 Å².